The van der Waals surface area contributed by atoms with Crippen LogP contribution in [0.4, 0.5) is 5.82 Å². The molecule has 0 amide bonds. The van der Waals surface area contributed by atoms with Gasteiger partial charge in [0.05, 0.1) is 5.56 Å². The van der Waals surface area contributed by atoms with Crippen LogP contribution in [-0.4, -0.2) is 13.4 Å². The standard InChI is InChI=1S/C12H9N3O2S/c13-9-10-5-1-2-6-11(10)18(16,17)15-12-7-3-4-8-14-12/h1-8H,(H,14,15). The Morgan fingerprint density at radius 3 is 2.50 bits per heavy atom. The smallest absolute Gasteiger partial charge is 0.263 e. The zero-order valence-corrected chi connectivity index (χ0v) is 10.1. The van der Waals surface area contributed by atoms with E-state index in [4.69, 9.17) is 5.26 Å². The lowest BCUT2D eigenvalue weighted by molar-refractivity contribution is 0.601. The van der Waals surface area contributed by atoms with Crippen LogP contribution in [0.5, 0.6) is 0 Å². The molecular formula is C12H9N3O2S. The van der Waals surface area contributed by atoms with E-state index in [1.807, 2.05) is 6.07 Å². The van der Waals surface area contributed by atoms with Crippen molar-refractivity contribution in [3.63, 3.8) is 0 Å². The second-order valence-corrected chi connectivity index (χ2v) is 5.08. The van der Waals surface area contributed by atoms with Crippen LogP contribution in [0, 0.1) is 11.3 Å². The van der Waals surface area contributed by atoms with Crippen LogP contribution in [0.3, 0.4) is 0 Å². The van der Waals surface area contributed by atoms with Crippen LogP contribution in [0.1, 0.15) is 5.56 Å². The summed E-state index contributed by atoms with van der Waals surface area (Å²) in [6.07, 6.45) is 1.48. The lowest BCUT2D eigenvalue weighted by Crippen LogP contribution is -2.15. The first kappa shape index (κ1) is 12.1. The number of rotatable bonds is 3. The maximum Gasteiger partial charge on any atom is 0.264 e. The molecule has 0 aliphatic rings. The molecule has 1 aromatic carbocycles. The average Bonchev–Trinajstić information content (AvgIpc) is 2.39. The predicted molar refractivity (Wildman–Crippen MR) is 66.2 cm³/mol. The monoisotopic (exact) mass is 259 g/mol. The van der Waals surface area contributed by atoms with E-state index in [-0.39, 0.29) is 16.3 Å². The normalized spacial score (nSPS) is 10.6. The summed E-state index contributed by atoms with van der Waals surface area (Å²) in [4.78, 5) is 3.81. The molecule has 0 spiro atoms. The SMILES string of the molecule is N#Cc1ccccc1S(=O)(=O)Nc1ccccn1. The van der Waals surface area contributed by atoms with Gasteiger partial charge in [0.1, 0.15) is 16.8 Å². The third kappa shape index (κ3) is 2.47. The largest absolute Gasteiger partial charge is 0.264 e. The number of anilines is 1. The maximum atomic E-state index is 12.1. The molecular weight excluding hydrogens is 250 g/mol. The number of hydrogen-bond acceptors (Lipinski definition) is 4. The minimum atomic E-state index is -3.79. The first-order valence-electron chi connectivity index (χ1n) is 5.06. The summed E-state index contributed by atoms with van der Waals surface area (Å²) < 4.78 is 26.5. The number of nitrogens with one attached hydrogen (secondary N) is 1. The lowest BCUT2D eigenvalue weighted by Gasteiger charge is -2.07. The van der Waals surface area contributed by atoms with Crippen LogP contribution in [0.2, 0.25) is 0 Å². The number of sulfonamides is 1. The topological polar surface area (TPSA) is 82.8 Å². The van der Waals surface area contributed by atoms with Crippen molar-refractivity contribution >= 4 is 15.8 Å². The van der Waals surface area contributed by atoms with E-state index in [0.29, 0.717) is 0 Å². The highest BCUT2D eigenvalue weighted by molar-refractivity contribution is 7.92. The molecule has 18 heavy (non-hydrogen) atoms. The number of aromatic nitrogens is 1. The molecule has 5 nitrogen and oxygen atoms in total. The summed E-state index contributed by atoms with van der Waals surface area (Å²) >= 11 is 0. The van der Waals surface area contributed by atoms with Gasteiger partial charge in [0.25, 0.3) is 10.0 Å². The van der Waals surface area contributed by atoms with Gasteiger partial charge in [-0.2, -0.15) is 5.26 Å². The number of benzene rings is 1. The molecule has 2 aromatic rings. The van der Waals surface area contributed by atoms with Gasteiger partial charge in [-0.1, -0.05) is 18.2 Å². The molecule has 0 bridgehead atoms. The lowest BCUT2D eigenvalue weighted by atomic mass is 10.2. The van der Waals surface area contributed by atoms with Crippen molar-refractivity contribution in [2.75, 3.05) is 4.72 Å². The quantitative estimate of drug-likeness (QED) is 0.910. The third-order valence-electron chi connectivity index (χ3n) is 2.20. The van der Waals surface area contributed by atoms with Crippen molar-refractivity contribution in [1.29, 1.82) is 5.26 Å². The highest BCUT2D eigenvalue weighted by Gasteiger charge is 2.18. The molecule has 0 radical (unpaired) electrons. The van der Waals surface area contributed by atoms with E-state index < -0.39 is 10.0 Å². The molecule has 0 aliphatic carbocycles. The highest BCUT2D eigenvalue weighted by Crippen LogP contribution is 2.17. The molecule has 0 unspecified atom stereocenters. The van der Waals surface area contributed by atoms with Crippen LogP contribution in [0.15, 0.2) is 53.6 Å². The Morgan fingerprint density at radius 1 is 1.11 bits per heavy atom. The highest BCUT2D eigenvalue weighted by atomic mass is 32.2. The summed E-state index contributed by atoms with van der Waals surface area (Å²) in [5, 5.41) is 8.89. The summed E-state index contributed by atoms with van der Waals surface area (Å²) in [6.45, 7) is 0. The third-order valence-corrected chi connectivity index (χ3v) is 3.61. The molecule has 1 N–H and O–H groups in total. The molecule has 6 heteroatoms. The zero-order chi connectivity index (χ0) is 13.0. The fourth-order valence-electron chi connectivity index (χ4n) is 1.41. The average molecular weight is 259 g/mol. The summed E-state index contributed by atoms with van der Waals surface area (Å²) in [5.74, 6) is 0.213. The Bertz CT molecular complexity index is 691. The van der Waals surface area contributed by atoms with Gasteiger partial charge in [0, 0.05) is 6.20 Å². The Morgan fingerprint density at radius 2 is 1.83 bits per heavy atom. The van der Waals surface area contributed by atoms with Crippen molar-refractivity contribution in [3.05, 3.63) is 54.2 Å². The van der Waals surface area contributed by atoms with Gasteiger partial charge in [0.15, 0.2) is 0 Å². The van der Waals surface area contributed by atoms with Gasteiger partial charge >= 0.3 is 0 Å². The summed E-state index contributed by atoms with van der Waals surface area (Å²) in [5.41, 5.74) is 0.0981. The van der Waals surface area contributed by atoms with Crippen molar-refractivity contribution in [2.45, 2.75) is 4.90 Å². The molecule has 0 saturated heterocycles. The Balaban J connectivity index is 2.41. The second-order valence-electron chi connectivity index (χ2n) is 3.43. The fraction of sp³-hybridized carbons (Fsp3) is 0. The molecule has 2 rings (SSSR count). The van der Waals surface area contributed by atoms with Gasteiger partial charge in [-0.3, -0.25) is 4.72 Å². The van der Waals surface area contributed by atoms with Gasteiger partial charge in [-0.25, -0.2) is 13.4 Å². The van der Waals surface area contributed by atoms with Crippen LogP contribution in [0.25, 0.3) is 0 Å². The molecule has 0 atom stereocenters. The van der Waals surface area contributed by atoms with Gasteiger partial charge < -0.3 is 0 Å². The minimum Gasteiger partial charge on any atom is -0.263 e. The van der Waals surface area contributed by atoms with Gasteiger partial charge in [-0.15, -0.1) is 0 Å². The van der Waals surface area contributed by atoms with E-state index in [1.54, 1.807) is 24.3 Å². The Labute approximate surface area is 105 Å². The van der Waals surface area contributed by atoms with Crippen LogP contribution in [-0.2, 0) is 10.0 Å². The van der Waals surface area contributed by atoms with Crippen LogP contribution >= 0.6 is 0 Å². The Kier molecular flexibility index (Phi) is 3.26. The zero-order valence-electron chi connectivity index (χ0n) is 9.24. The second kappa shape index (κ2) is 4.85. The number of nitrogens with zero attached hydrogens (tertiary/aromatic N) is 2. The Hall–Kier alpha value is -2.39. The van der Waals surface area contributed by atoms with E-state index in [2.05, 4.69) is 9.71 Å². The van der Waals surface area contributed by atoms with Crippen molar-refractivity contribution < 1.29 is 8.42 Å². The molecule has 90 valence electrons. The first-order valence-corrected chi connectivity index (χ1v) is 6.55. The van der Waals surface area contributed by atoms with E-state index >= 15 is 0 Å². The number of hydrogen-bond donors (Lipinski definition) is 1. The maximum absolute atomic E-state index is 12.1. The number of nitriles is 1. The number of pyridine rings is 1. The predicted octanol–water partition coefficient (Wildman–Crippen LogP) is 1.75. The molecule has 0 fully saturated rings. The molecule has 0 saturated carbocycles. The van der Waals surface area contributed by atoms with Crippen LogP contribution < -0.4 is 4.72 Å². The minimum absolute atomic E-state index is 0.0573. The van der Waals surface area contributed by atoms with E-state index in [9.17, 15) is 8.42 Å². The fourth-order valence-corrected chi connectivity index (χ4v) is 2.58. The molecule has 1 heterocycles. The van der Waals surface area contributed by atoms with Crippen molar-refractivity contribution in [2.24, 2.45) is 0 Å². The summed E-state index contributed by atoms with van der Waals surface area (Å²) in [7, 11) is -3.79. The van der Waals surface area contributed by atoms with Crippen molar-refractivity contribution in [3.8, 4) is 6.07 Å². The van der Waals surface area contributed by atoms with Gasteiger partial charge in [-0.05, 0) is 24.3 Å². The van der Waals surface area contributed by atoms with E-state index in [0.717, 1.165) is 0 Å². The molecule has 0 aliphatic heterocycles. The first-order chi connectivity index (χ1) is 8.63. The van der Waals surface area contributed by atoms with E-state index in [1.165, 1.54) is 24.4 Å². The van der Waals surface area contributed by atoms with Gasteiger partial charge in [0.2, 0.25) is 0 Å². The van der Waals surface area contributed by atoms with Crippen molar-refractivity contribution in [1.82, 2.24) is 4.98 Å². The summed E-state index contributed by atoms with van der Waals surface area (Å²) in [6, 6.07) is 12.7. The molecule has 1 aromatic heterocycles.